The van der Waals surface area contributed by atoms with Crippen molar-refractivity contribution < 1.29 is 35.3 Å². The molecule has 12 rings (SSSR count). The fraction of sp³-hybridized carbons (Fsp3) is 0.143. The molecular weight excluding hydrogens is 857 g/mol. The highest BCUT2D eigenvalue weighted by molar-refractivity contribution is 6.33. The number of hydrogen-bond donors (Lipinski definition) is 0. The third-order valence-electron chi connectivity index (χ3n) is 13.4. The van der Waals surface area contributed by atoms with Crippen molar-refractivity contribution in [3.8, 4) is 0 Å². The Labute approximate surface area is 390 Å². The number of rotatable bonds is 12. The lowest BCUT2D eigenvalue weighted by molar-refractivity contribution is 0.532. The summed E-state index contributed by atoms with van der Waals surface area (Å²) in [5.41, 5.74) is 10.6. The Morgan fingerprint density at radius 1 is 0.221 bits per heavy atom. The first-order chi connectivity index (χ1) is 33.1. The molecule has 338 valence electrons. The maximum Gasteiger partial charge on any atom is 0.124 e. The van der Waals surface area contributed by atoms with E-state index in [1.54, 1.807) is 50.1 Å². The first-order valence-corrected chi connectivity index (χ1v) is 22.4. The van der Waals surface area contributed by atoms with E-state index in [0.717, 1.165) is 147 Å². The van der Waals surface area contributed by atoms with E-state index >= 15 is 0 Å². The molecule has 0 saturated heterocycles. The van der Waals surface area contributed by atoms with Gasteiger partial charge in [0, 0.05) is 80.8 Å². The molecule has 0 saturated carbocycles. The molecule has 8 aromatic heterocycles. The van der Waals surface area contributed by atoms with Gasteiger partial charge in [-0.3, -0.25) is 0 Å². The Hall–Kier alpha value is -8.64. The summed E-state index contributed by atoms with van der Waals surface area (Å²) in [5.74, 6) is 5.99. The summed E-state index contributed by atoms with van der Waals surface area (Å²) < 4.78 is 48.6. The van der Waals surface area contributed by atoms with Crippen molar-refractivity contribution in [1.29, 1.82) is 0 Å². The van der Waals surface area contributed by atoms with Crippen LogP contribution in [0, 0.1) is 55.4 Å². The van der Waals surface area contributed by atoms with Crippen LogP contribution in [0.15, 0.2) is 170 Å². The number of benzene rings is 4. The molecule has 68 heavy (non-hydrogen) atoms. The van der Waals surface area contributed by atoms with Gasteiger partial charge in [0.25, 0.3) is 0 Å². The Bertz CT molecular complexity index is 3160. The third-order valence-corrected chi connectivity index (χ3v) is 13.4. The van der Waals surface area contributed by atoms with Crippen LogP contribution in [-0.2, 0) is 0 Å². The van der Waals surface area contributed by atoms with Gasteiger partial charge in [0.05, 0.1) is 118 Å². The first kappa shape index (κ1) is 40.8. The second-order valence-corrected chi connectivity index (χ2v) is 17.1. The van der Waals surface area contributed by atoms with Gasteiger partial charge in [0.1, 0.15) is 46.1 Å². The molecule has 0 aliphatic carbocycles. The SMILES string of the molecule is Cc1occc1N(c1ccoc1C)c1cc(N(c2ccoc2C)c2ccoc2C)c2ccc3c(N(c4ccoc4C)c4ccoc4C)cc(N(c4ccoc4C)c4ccoc4C)c4ccc1c2c43. The lowest BCUT2D eigenvalue weighted by atomic mass is 9.89. The Morgan fingerprint density at radius 2 is 0.382 bits per heavy atom. The molecule has 0 bridgehead atoms. The van der Waals surface area contributed by atoms with Crippen molar-refractivity contribution in [3.05, 3.63) is 181 Å². The Kier molecular flexibility index (Phi) is 9.30. The summed E-state index contributed by atoms with van der Waals surface area (Å²) in [6, 6.07) is 29.5. The van der Waals surface area contributed by atoms with Gasteiger partial charge in [-0.25, -0.2) is 0 Å². The molecule has 8 heterocycles. The van der Waals surface area contributed by atoms with Crippen molar-refractivity contribution in [2.24, 2.45) is 0 Å². The molecule has 4 aromatic carbocycles. The zero-order valence-corrected chi connectivity index (χ0v) is 38.8. The standard InChI is InChI=1S/C56H46N4O8/c1-31-43(13-21-61-31)57(44-14-22-62-32(44)2)51-29-52(58(45-15-23-63-33(45)3)46-16-24-64-34(46)4)40-11-12-42-54(60(49-19-27-67-37(49)7)50-20-28-68-38(50)8)30-53(41-10-9-39(51)55(40)56(41)42)59(47-17-25-65-35(47)5)48-18-26-66-36(48)6/h9-30H,1-8H3. The lowest BCUT2D eigenvalue weighted by Crippen LogP contribution is -2.16. The van der Waals surface area contributed by atoms with E-state index in [9.17, 15) is 0 Å². The fourth-order valence-corrected chi connectivity index (χ4v) is 10.1. The van der Waals surface area contributed by atoms with Crippen LogP contribution in [0.2, 0.25) is 0 Å². The van der Waals surface area contributed by atoms with Crippen LogP contribution < -0.4 is 19.6 Å². The van der Waals surface area contributed by atoms with Crippen LogP contribution in [0.25, 0.3) is 32.3 Å². The molecule has 0 fully saturated rings. The molecule has 12 aromatic rings. The van der Waals surface area contributed by atoms with Crippen LogP contribution in [0.1, 0.15) is 46.1 Å². The average molecular weight is 903 g/mol. The summed E-state index contributed by atoms with van der Waals surface area (Å²) in [6.07, 6.45) is 13.8. The average Bonchev–Trinajstić information content (AvgIpc) is 4.20. The minimum Gasteiger partial charge on any atom is -0.467 e. The van der Waals surface area contributed by atoms with Crippen LogP contribution in [-0.4, -0.2) is 0 Å². The minimum atomic E-state index is 0.749. The van der Waals surface area contributed by atoms with Gasteiger partial charge >= 0.3 is 0 Å². The van der Waals surface area contributed by atoms with Crippen LogP contribution in [0.3, 0.4) is 0 Å². The molecule has 0 spiro atoms. The van der Waals surface area contributed by atoms with E-state index in [2.05, 4.69) is 56.0 Å². The van der Waals surface area contributed by atoms with Gasteiger partial charge in [0.15, 0.2) is 0 Å². The zero-order valence-electron chi connectivity index (χ0n) is 38.8. The highest BCUT2D eigenvalue weighted by atomic mass is 16.4. The van der Waals surface area contributed by atoms with E-state index < -0.39 is 0 Å². The van der Waals surface area contributed by atoms with E-state index in [4.69, 9.17) is 35.3 Å². The quantitative estimate of drug-likeness (QED) is 0.109. The van der Waals surface area contributed by atoms with E-state index in [-0.39, 0.29) is 0 Å². The predicted octanol–water partition coefficient (Wildman–Crippen LogP) is 17.7. The molecule has 12 nitrogen and oxygen atoms in total. The summed E-state index contributed by atoms with van der Waals surface area (Å²) in [5, 5.41) is 6.03. The molecule has 0 aliphatic rings. The second kappa shape index (κ2) is 15.5. The van der Waals surface area contributed by atoms with Crippen LogP contribution >= 0.6 is 0 Å². The minimum absolute atomic E-state index is 0.749. The van der Waals surface area contributed by atoms with E-state index in [1.165, 1.54) is 0 Å². The topological polar surface area (TPSA) is 118 Å². The molecule has 0 amide bonds. The smallest absolute Gasteiger partial charge is 0.124 e. The van der Waals surface area contributed by atoms with Crippen molar-refractivity contribution in [3.63, 3.8) is 0 Å². The Morgan fingerprint density at radius 3 is 0.515 bits per heavy atom. The van der Waals surface area contributed by atoms with E-state index in [1.807, 2.05) is 104 Å². The molecular formula is C56H46N4O8. The summed E-state index contributed by atoms with van der Waals surface area (Å²) in [7, 11) is 0. The van der Waals surface area contributed by atoms with Gasteiger partial charge in [-0.2, -0.15) is 0 Å². The molecule has 0 atom stereocenters. The van der Waals surface area contributed by atoms with Gasteiger partial charge in [-0.15, -0.1) is 0 Å². The van der Waals surface area contributed by atoms with Crippen molar-refractivity contribution in [1.82, 2.24) is 0 Å². The summed E-state index contributed by atoms with van der Waals surface area (Å²) in [4.78, 5) is 8.96. The first-order valence-electron chi connectivity index (χ1n) is 22.4. The predicted molar refractivity (Wildman–Crippen MR) is 265 cm³/mol. The normalized spacial score (nSPS) is 11.8. The Balaban J connectivity index is 1.30. The number of aryl methyl sites for hydroxylation is 8. The number of anilines is 12. The van der Waals surface area contributed by atoms with Crippen LogP contribution in [0.4, 0.5) is 68.2 Å². The van der Waals surface area contributed by atoms with Crippen molar-refractivity contribution in [2.45, 2.75) is 55.4 Å². The highest BCUT2D eigenvalue weighted by Crippen LogP contribution is 2.56. The zero-order chi connectivity index (χ0) is 46.5. The fourth-order valence-electron chi connectivity index (χ4n) is 10.1. The van der Waals surface area contributed by atoms with Gasteiger partial charge in [-0.05, 0) is 67.5 Å². The molecule has 0 unspecified atom stereocenters. The maximum absolute atomic E-state index is 6.07. The maximum atomic E-state index is 6.07. The van der Waals surface area contributed by atoms with Crippen LogP contribution in [0.5, 0.6) is 0 Å². The molecule has 12 heteroatoms. The molecule has 0 N–H and O–H groups in total. The number of furan rings is 8. The largest absolute Gasteiger partial charge is 0.467 e. The van der Waals surface area contributed by atoms with Gasteiger partial charge < -0.3 is 54.9 Å². The highest BCUT2D eigenvalue weighted by Gasteiger charge is 2.33. The van der Waals surface area contributed by atoms with Gasteiger partial charge in [-0.1, -0.05) is 24.3 Å². The molecule has 0 radical (unpaired) electrons. The summed E-state index contributed by atoms with van der Waals surface area (Å²) in [6.45, 7) is 15.9. The van der Waals surface area contributed by atoms with E-state index in [0.29, 0.717) is 0 Å². The monoisotopic (exact) mass is 902 g/mol. The number of nitrogens with zero attached hydrogens (tertiary/aromatic N) is 4. The van der Waals surface area contributed by atoms with Crippen molar-refractivity contribution in [2.75, 3.05) is 19.6 Å². The summed E-state index contributed by atoms with van der Waals surface area (Å²) >= 11 is 0. The second-order valence-electron chi connectivity index (χ2n) is 17.1. The third kappa shape index (κ3) is 6.06. The van der Waals surface area contributed by atoms with Gasteiger partial charge in [0.2, 0.25) is 0 Å². The number of hydrogen-bond acceptors (Lipinski definition) is 12. The lowest BCUT2D eigenvalue weighted by Gasteiger charge is -2.33. The molecule has 0 aliphatic heterocycles. The van der Waals surface area contributed by atoms with Crippen molar-refractivity contribution >= 4 is 101 Å².